The van der Waals surface area contributed by atoms with Crippen molar-refractivity contribution in [1.82, 2.24) is 25.3 Å². The molecule has 7 nitrogen and oxygen atoms in total. The van der Waals surface area contributed by atoms with Crippen molar-refractivity contribution < 1.29 is 9.90 Å². The number of allylic oxidation sites excluding steroid dienone is 6. The number of carbonyl (C=O) groups excluding carboxylic acids is 1. The van der Waals surface area contributed by atoms with Crippen LogP contribution in [0.1, 0.15) is 23.8 Å². The van der Waals surface area contributed by atoms with E-state index in [9.17, 15) is 4.79 Å². The number of aromatic nitrogens is 4. The zero-order valence-corrected chi connectivity index (χ0v) is 16.7. The van der Waals surface area contributed by atoms with Gasteiger partial charge in [0.05, 0.1) is 18.0 Å². The summed E-state index contributed by atoms with van der Waals surface area (Å²) in [5.74, 6) is 0. The van der Waals surface area contributed by atoms with Crippen LogP contribution in [0.15, 0.2) is 66.8 Å². The van der Waals surface area contributed by atoms with Crippen molar-refractivity contribution in [3.63, 3.8) is 0 Å². The van der Waals surface area contributed by atoms with Crippen molar-refractivity contribution in [2.24, 2.45) is 0 Å². The van der Waals surface area contributed by atoms with Gasteiger partial charge in [-0.3, -0.25) is 4.79 Å². The predicted molar refractivity (Wildman–Crippen MR) is 117 cm³/mol. The van der Waals surface area contributed by atoms with Crippen LogP contribution in [0.3, 0.4) is 0 Å². The summed E-state index contributed by atoms with van der Waals surface area (Å²) >= 11 is 0. The lowest BCUT2D eigenvalue weighted by atomic mass is 10.1. The molecule has 1 aliphatic rings. The average molecular weight is 393 g/mol. The summed E-state index contributed by atoms with van der Waals surface area (Å²) in [5.41, 5.74) is 4.36. The Kier molecular flexibility index (Phi) is 9.28. The highest BCUT2D eigenvalue weighted by Gasteiger charge is 2.08. The first-order valence-corrected chi connectivity index (χ1v) is 9.37. The van der Waals surface area contributed by atoms with Gasteiger partial charge >= 0.3 is 0 Å². The smallest absolute Gasteiger partial charge is 0.166 e. The molecule has 0 bridgehead atoms. The van der Waals surface area contributed by atoms with Gasteiger partial charge in [-0.1, -0.05) is 36.0 Å². The molecule has 0 radical (unpaired) electrons. The highest BCUT2D eigenvalue weighted by atomic mass is 16.3. The van der Waals surface area contributed by atoms with Crippen LogP contribution in [-0.4, -0.2) is 51.5 Å². The van der Waals surface area contributed by atoms with E-state index in [-0.39, 0.29) is 6.61 Å². The summed E-state index contributed by atoms with van der Waals surface area (Å²) in [7, 11) is 1.80. The second kappa shape index (κ2) is 12.2. The number of aliphatic hydroxyl groups is 1. The van der Waals surface area contributed by atoms with Crippen LogP contribution in [0, 0.1) is 0 Å². The number of rotatable bonds is 4. The van der Waals surface area contributed by atoms with E-state index in [1.54, 1.807) is 19.3 Å². The van der Waals surface area contributed by atoms with Gasteiger partial charge in [0.25, 0.3) is 0 Å². The largest absolute Gasteiger partial charge is 0.395 e. The predicted octanol–water partition coefficient (Wildman–Crippen LogP) is 3.41. The summed E-state index contributed by atoms with van der Waals surface area (Å²) in [6, 6.07) is 3.68. The number of likely N-dealkylation sites (N-methyl/N-ethyl adjacent to an activating group) is 1. The Morgan fingerprint density at radius 2 is 2.14 bits per heavy atom. The Hall–Kier alpha value is -3.29. The minimum Gasteiger partial charge on any atom is -0.395 e. The Morgan fingerprint density at radius 3 is 2.83 bits per heavy atom. The lowest BCUT2D eigenvalue weighted by Crippen LogP contribution is -2.10. The Labute approximate surface area is 170 Å². The molecule has 152 valence electrons. The third-order valence-electron chi connectivity index (χ3n) is 3.97. The summed E-state index contributed by atoms with van der Waals surface area (Å²) < 4.78 is 0. The highest BCUT2D eigenvalue weighted by molar-refractivity contribution is 5.91. The molecule has 0 aliphatic heterocycles. The summed E-state index contributed by atoms with van der Waals surface area (Å²) in [6.07, 6.45) is 17.6. The molecule has 4 rings (SSSR count). The maximum absolute atomic E-state index is 10.6. The molecule has 0 amide bonds. The molecule has 0 atom stereocenters. The van der Waals surface area contributed by atoms with E-state index in [1.807, 2.05) is 12.3 Å². The van der Waals surface area contributed by atoms with Gasteiger partial charge in [-0.25, -0.2) is 9.97 Å². The van der Waals surface area contributed by atoms with Crippen LogP contribution >= 0.6 is 0 Å². The zero-order chi connectivity index (χ0) is 20.9. The van der Waals surface area contributed by atoms with Crippen LogP contribution < -0.4 is 5.32 Å². The van der Waals surface area contributed by atoms with E-state index in [1.165, 1.54) is 11.9 Å². The van der Waals surface area contributed by atoms with E-state index < -0.39 is 0 Å². The first-order chi connectivity index (χ1) is 14.2. The monoisotopic (exact) mass is 393 g/mol. The zero-order valence-electron chi connectivity index (χ0n) is 16.7. The standard InChI is InChI=1S/C11H8N4O.C8H10.C3H9NO/c16-5-8-3-7(4-13-8)10-9-1-2-12-11(9)15-6-14-10;1-8-6-4-2-3-5-7-8;1-4-2-3-5/h1-6,13H,(H,12,14,15);2,4-7H,3H2,1H3;4-5H,2-3H2,1H3. The molecule has 4 N–H and O–H groups in total. The molecule has 1 aliphatic carbocycles. The van der Waals surface area contributed by atoms with Crippen molar-refractivity contribution in [3.8, 4) is 11.3 Å². The number of fused-ring (bicyclic) bond motifs is 1. The van der Waals surface area contributed by atoms with Gasteiger partial charge in [0.2, 0.25) is 0 Å². The molecule has 0 saturated carbocycles. The maximum atomic E-state index is 10.6. The van der Waals surface area contributed by atoms with Crippen LogP contribution in [-0.2, 0) is 0 Å². The number of hydrogen-bond donors (Lipinski definition) is 4. The molecule has 0 unspecified atom stereocenters. The Bertz CT molecular complexity index is 980. The average Bonchev–Trinajstić information content (AvgIpc) is 3.35. The summed E-state index contributed by atoms with van der Waals surface area (Å²) in [5, 5.41) is 11.7. The molecule has 7 heteroatoms. The van der Waals surface area contributed by atoms with Crippen LogP contribution in [0.5, 0.6) is 0 Å². The molecule has 0 saturated heterocycles. The number of H-pyrrole nitrogens is 2. The Balaban J connectivity index is 0.000000193. The maximum Gasteiger partial charge on any atom is 0.166 e. The third kappa shape index (κ3) is 6.99. The Morgan fingerprint density at radius 1 is 1.28 bits per heavy atom. The van der Waals surface area contributed by atoms with Gasteiger partial charge in [0.1, 0.15) is 12.0 Å². The number of aromatic amines is 2. The number of hydrogen-bond acceptors (Lipinski definition) is 5. The lowest BCUT2D eigenvalue weighted by molar-refractivity contribution is 0.111. The molecule has 29 heavy (non-hydrogen) atoms. The van der Waals surface area contributed by atoms with Crippen molar-refractivity contribution in [3.05, 3.63) is 72.5 Å². The number of nitrogens with one attached hydrogen (secondary N) is 3. The molecule has 3 aromatic heterocycles. The number of aldehydes is 1. The lowest BCUT2D eigenvalue weighted by Gasteiger charge is -1.97. The number of carbonyl (C=O) groups is 1. The van der Waals surface area contributed by atoms with E-state index >= 15 is 0 Å². The van der Waals surface area contributed by atoms with Crippen molar-refractivity contribution >= 4 is 17.3 Å². The van der Waals surface area contributed by atoms with Crippen molar-refractivity contribution in [1.29, 1.82) is 0 Å². The van der Waals surface area contributed by atoms with Crippen LogP contribution in [0.2, 0.25) is 0 Å². The first kappa shape index (κ1) is 22.0. The van der Waals surface area contributed by atoms with Gasteiger partial charge in [-0.15, -0.1) is 0 Å². The minimum atomic E-state index is 0.233. The second-order valence-corrected chi connectivity index (χ2v) is 6.23. The van der Waals surface area contributed by atoms with Crippen molar-refractivity contribution in [2.45, 2.75) is 13.3 Å². The fourth-order valence-corrected chi connectivity index (χ4v) is 2.52. The quantitative estimate of drug-likeness (QED) is 0.508. The number of aliphatic hydroxyl groups excluding tert-OH is 1. The highest BCUT2D eigenvalue weighted by Crippen LogP contribution is 2.24. The first-order valence-electron chi connectivity index (χ1n) is 9.37. The summed E-state index contributed by atoms with van der Waals surface area (Å²) in [4.78, 5) is 24.8. The SMILES string of the molecule is CC1=CC=CCC=C1.CNCCO.O=Cc1cc(-c2ncnc3[nH]ccc23)c[nH]1. The molecular weight excluding hydrogens is 366 g/mol. The van der Waals surface area contributed by atoms with Gasteiger partial charge in [0, 0.05) is 29.9 Å². The fourth-order valence-electron chi connectivity index (χ4n) is 2.52. The fraction of sp³-hybridized carbons (Fsp3) is 0.227. The van der Waals surface area contributed by atoms with E-state index in [0.717, 1.165) is 35.0 Å². The van der Waals surface area contributed by atoms with E-state index in [2.05, 4.69) is 62.6 Å². The second-order valence-electron chi connectivity index (χ2n) is 6.23. The third-order valence-corrected chi connectivity index (χ3v) is 3.97. The van der Waals surface area contributed by atoms with Crippen LogP contribution in [0.25, 0.3) is 22.3 Å². The molecule has 0 fully saturated rings. The van der Waals surface area contributed by atoms with Gasteiger partial charge in [0.15, 0.2) is 6.29 Å². The van der Waals surface area contributed by atoms with Gasteiger partial charge in [-0.2, -0.15) is 0 Å². The molecule has 3 aromatic rings. The van der Waals surface area contributed by atoms with Crippen LogP contribution in [0.4, 0.5) is 0 Å². The van der Waals surface area contributed by atoms with E-state index in [0.29, 0.717) is 12.2 Å². The molecule has 3 heterocycles. The minimum absolute atomic E-state index is 0.233. The topological polar surface area (TPSA) is 107 Å². The van der Waals surface area contributed by atoms with Gasteiger partial charge < -0.3 is 20.4 Å². The molecular formula is C22H27N5O2. The molecule has 0 spiro atoms. The van der Waals surface area contributed by atoms with Gasteiger partial charge in [-0.05, 0) is 32.5 Å². The molecule has 0 aromatic carbocycles. The van der Waals surface area contributed by atoms with E-state index in [4.69, 9.17) is 5.11 Å². The number of nitrogens with zero attached hydrogens (tertiary/aromatic N) is 2. The summed E-state index contributed by atoms with van der Waals surface area (Å²) in [6.45, 7) is 3.03. The van der Waals surface area contributed by atoms with Crippen molar-refractivity contribution in [2.75, 3.05) is 20.2 Å². The normalized spacial score (nSPS) is 12.3.